The molecule has 2 aromatic carbocycles. The molecule has 2 aromatic rings. The van der Waals surface area contributed by atoms with E-state index < -0.39 is 0 Å². The number of nitrogens with zero attached hydrogens (tertiary/aromatic N) is 1. The third-order valence-corrected chi connectivity index (χ3v) is 4.43. The lowest BCUT2D eigenvalue weighted by atomic mass is 9.92. The fourth-order valence-corrected chi connectivity index (χ4v) is 3.42. The van der Waals surface area contributed by atoms with Crippen molar-refractivity contribution in [3.05, 3.63) is 48.0 Å². The van der Waals surface area contributed by atoms with Crippen LogP contribution in [0.15, 0.2) is 42.5 Å². The summed E-state index contributed by atoms with van der Waals surface area (Å²) < 4.78 is 5.96. The van der Waals surface area contributed by atoms with Crippen molar-refractivity contribution in [2.75, 3.05) is 19.7 Å². The molecule has 0 saturated carbocycles. The van der Waals surface area contributed by atoms with Gasteiger partial charge in [-0.1, -0.05) is 42.5 Å². The summed E-state index contributed by atoms with van der Waals surface area (Å²) >= 11 is 0. The van der Waals surface area contributed by atoms with Gasteiger partial charge < -0.3 is 10.5 Å². The van der Waals surface area contributed by atoms with Gasteiger partial charge in [0.25, 0.3) is 0 Å². The van der Waals surface area contributed by atoms with E-state index in [-0.39, 0.29) is 12.1 Å². The molecule has 112 valence electrons. The van der Waals surface area contributed by atoms with E-state index >= 15 is 0 Å². The van der Waals surface area contributed by atoms with Crippen molar-refractivity contribution in [1.82, 2.24) is 4.90 Å². The summed E-state index contributed by atoms with van der Waals surface area (Å²) in [5.41, 5.74) is 7.32. The van der Waals surface area contributed by atoms with Gasteiger partial charge in [-0.3, -0.25) is 4.90 Å². The molecule has 2 atom stereocenters. The summed E-state index contributed by atoms with van der Waals surface area (Å²) in [7, 11) is 0. The van der Waals surface area contributed by atoms with Crippen LogP contribution in [-0.2, 0) is 4.74 Å². The molecule has 1 aliphatic rings. The first-order valence-electron chi connectivity index (χ1n) is 7.77. The molecule has 0 aromatic heterocycles. The molecule has 0 amide bonds. The Labute approximate surface area is 126 Å². The largest absolute Gasteiger partial charge is 0.374 e. The van der Waals surface area contributed by atoms with Crippen molar-refractivity contribution in [1.29, 1.82) is 0 Å². The first-order chi connectivity index (χ1) is 10.2. The van der Waals surface area contributed by atoms with E-state index in [1.165, 1.54) is 16.3 Å². The van der Waals surface area contributed by atoms with E-state index in [9.17, 15) is 0 Å². The Morgan fingerprint density at radius 3 is 2.71 bits per heavy atom. The van der Waals surface area contributed by atoms with Crippen LogP contribution < -0.4 is 5.73 Å². The molecule has 0 radical (unpaired) electrons. The number of nitrogens with two attached hydrogens (primary N) is 1. The molecule has 0 aliphatic carbocycles. The molecule has 0 spiro atoms. The van der Waals surface area contributed by atoms with Gasteiger partial charge in [-0.2, -0.15) is 0 Å². The van der Waals surface area contributed by atoms with Crippen molar-refractivity contribution in [3.8, 4) is 0 Å². The zero-order valence-electron chi connectivity index (χ0n) is 12.8. The van der Waals surface area contributed by atoms with Gasteiger partial charge >= 0.3 is 0 Å². The first kappa shape index (κ1) is 14.5. The van der Waals surface area contributed by atoms with E-state index in [1.54, 1.807) is 0 Å². The Balaban J connectivity index is 2.12. The summed E-state index contributed by atoms with van der Waals surface area (Å²) in [6.07, 6.45) is 0.0620. The van der Waals surface area contributed by atoms with Crippen LogP contribution in [0.2, 0.25) is 0 Å². The maximum Gasteiger partial charge on any atom is 0.0894 e. The minimum absolute atomic E-state index is 0.0620. The van der Waals surface area contributed by atoms with Gasteiger partial charge in [0.05, 0.1) is 18.8 Å². The fourth-order valence-electron chi connectivity index (χ4n) is 3.42. The Bertz CT molecular complexity index is 606. The summed E-state index contributed by atoms with van der Waals surface area (Å²) in [5.74, 6) is 0. The average molecular weight is 284 g/mol. The van der Waals surface area contributed by atoms with Crippen LogP contribution in [0.3, 0.4) is 0 Å². The molecule has 3 nitrogen and oxygen atoms in total. The standard InChI is InChI=1S/C18H24N2O/c1-13(2)20-10-11-21-17(12-19)18(20)16-9-5-7-14-6-3-4-8-15(14)16/h3-9,13,17-18H,10-12,19H2,1-2H3. The van der Waals surface area contributed by atoms with Crippen LogP contribution in [0, 0.1) is 0 Å². The minimum atomic E-state index is 0.0620. The predicted molar refractivity (Wildman–Crippen MR) is 87.3 cm³/mol. The topological polar surface area (TPSA) is 38.5 Å². The molecule has 2 N–H and O–H groups in total. The Morgan fingerprint density at radius 1 is 1.19 bits per heavy atom. The maximum absolute atomic E-state index is 5.99. The molecular formula is C18H24N2O. The number of fused-ring (bicyclic) bond motifs is 1. The molecule has 1 fully saturated rings. The molecule has 3 rings (SSSR count). The van der Waals surface area contributed by atoms with Crippen LogP contribution in [0.5, 0.6) is 0 Å². The normalized spacial score (nSPS) is 23.8. The molecule has 1 aliphatic heterocycles. The molecule has 0 bridgehead atoms. The Morgan fingerprint density at radius 2 is 1.95 bits per heavy atom. The van der Waals surface area contributed by atoms with Gasteiger partial charge in [-0.15, -0.1) is 0 Å². The van der Waals surface area contributed by atoms with Gasteiger partial charge in [0.1, 0.15) is 0 Å². The summed E-state index contributed by atoms with van der Waals surface area (Å²) in [6, 6.07) is 15.8. The number of rotatable bonds is 3. The Kier molecular flexibility index (Phi) is 4.24. The number of morpholine rings is 1. The lowest BCUT2D eigenvalue weighted by Crippen LogP contribution is -2.50. The second-order valence-electron chi connectivity index (χ2n) is 5.99. The number of ether oxygens (including phenoxy) is 1. The van der Waals surface area contributed by atoms with Crippen molar-refractivity contribution in [2.24, 2.45) is 5.73 Å². The zero-order valence-corrected chi connectivity index (χ0v) is 12.8. The van der Waals surface area contributed by atoms with Crippen molar-refractivity contribution < 1.29 is 4.74 Å². The highest BCUT2D eigenvalue weighted by atomic mass is 16.5. The quantitative estimate of drug-likeness (QED) is 0.942. The van der Waals surface area contributed by atoms with E-state index in [1.807, 2.05) is 0 Å². The Hall–Kier alpha value is -1.42. The molecule has 3 heteroatoms. The first-order valence-corrected chi connectivity index (χ1v) is 7.77. The van der Waals surface area contributed by atoms with E-state index in [0.29, 0.717) is 12.6 Å². The minimum Gasteiger partial charge on any atom is -0.374 e. The molecule has 1 heterocycles. The van der Waals surface area contributed by atoms with Crippen LogP contribution in [-0.4, -0.2) is 36.7 Å². The highest BCUT2D eigenvalue weighted by Crippen LogP contribution is 2.35. The van der Waals surface area contributed by atoms with Crippen LogP contribution >= 0.6 is 0 Å². The highest BCUT2D eigenvalue weighted by molar-refractivity contribution is 5.86. The van der Waals surface area contributed by atoms with E-state index in [0.717, 1.165) is 13.2 Å². The monoisotopic (exact) mass is 284 g/mol. The summed E-state index contributed by atoms with van der Waals surface area (Å²) in [5, 5.41) is 2.58. The number of hydrogen-bond donors (Lipinski definition) is 1. The van der Waals surface area contributed by atoms with Gasteiger partial charge in [-0.05, 0) is 30.2 Å². The maximum atomic E-state index is 5.99. The van der Waals surface area contributed by atoms with Gasteiger partial charge in [0.15, 0.2) is 0 Å². The third-order valence-electron chi connectivity index (χ3n) is 4.43. The second-order valence-corrected chi connectivity index (χ2v) is 5.99. The van der Waals surface area contributed by atoms with Crippen molar-refractivity contribution in [2.45, 2.75) is 32.0 Å². The van der Waals surface area contributed by atoms with Crippen molar-refractivity contribution in [3.63, 3.8) is 0 Å². The smallest absolute Gasteiger partial charge is 0.0894 e. The van der Waals surface area contributed by atoms with Gasteiger partial charge in [-0.25, -0.2) is 0 Å². The lowest BCUT2D eigenvalue weighted by Gasteiger charge is -2.43. The van der Waals surface area contributed by atoms with Gasteiger partial charge in [0.2, 0.25) is 0 Å². The predicted octanol–water partition coefficient (Wildman–Crippen LogP) is 2.95. The lowest BCUT2D eigenvalue weighted by molar-refractivity contribution is -0.0784. The second kappa shape index (κ2) is 6.14. The zero-order chi connectivity index (χ0) is 14.8. The highest BCUT2D eigenvalue weighted by Gasteiger charge is 2.34. The molecule has 2 unspecified atom stereocenters. The number of benzene rings is 2. The van der Waals surface area contributed by atoms with E-state index in [4.69, 9.17) is 10.5 Å². The third kappa shape index (κ3) is 2.69. The van der Waals surface area contributed by atoms with E-state index in [2.05, 4.69) is 61.2 Å². The van der Waals surface area contributed by atoms with Crippen LogP contribution in [0.4, 0.5) is 0 Å². The van der Waals surface area contributed by atoms with Crippen molar-refractivity contribution >= 4 is 10.8 Å². The fraction of sp³-hybridized carbons (Fsp3) is 0.444. The molecule has 21 heavy (non-hydrogen) atoms. The van der Waals surface area contributed by atoms with Gasteiger partial charge in [0, 0.05) is 19.1 Å². The van der Waals surface area contributed by atoms with Crippen LogP contribution in [0.1, 0.15) is 25.5 Å². The SMILES string of the molecule is CC(C)N1CCOC(CN)C1c1cccc2ccccc12. The summed E-state index contributed by atoms with van der Waals surface area (Å²) in [4.78, 5) is 2.52. The molecule has 1 saturated heterocycles. The molecular weight excluding hydrogens is 260 g/mol. The number of hydrogen-bond acceptors (Lipinski definition) is 3. The van der Waals surface area contributed by atoms with Crippen LogP contribution in [0.25, 0.3) is 10.8 Å². The average Bonchev–Trinajstić information content (AvgIpc) is 2.53. The summed E-state index contributed by atoms with van der Waals surface area (Å²) in [6.45, 7) is 6.77.